The van der Waals surface area contributed by atoms with E-state index < -0.39 is 24.5 Å². The molecule has 2 rings (SSSR count). The van der Waals surface area contributed by atoms with Crippen molar-refractivity contribution in [3.8, 4) is 11.6 Å². The number of aliphatic hydroxyl groups is 1. The second-order valence-electron chi connectivity index (χ2n) is 5.08. The number of halogens is 5. The van der Waals surface area contributed by atoms with Gasteiger partial charge in [0.1, 0.15) is 5.75 Å². The summed E-state index contributed by atoms with van der Waals surface area (Å²) in [5.41, 5.74) is 4.22. The quantitative estimate of drug-likeness (QED) is 0.829. The minimum absolute atomic E-state index is 0.122. The van der Waals surface area contributed by atoms with E-state index in [9.17, 15) is 13.2 Å². The van der Waals surface area contributed by atoms with Crippen LogP contribution in [0.25, 0.3) is 0 Å². The van der Waals surface area contributed by atoms with Gasteiger partial charge in [-0.2, -0.15) is 18.3 Å². The highest BCUT2D eigenvalue weighted by Crippen LogP contribution is 2.39. The zero-order valence-corrected chi connectivity index (χ0v) is 14.0. The van der Waals surface area contributed by atoms with Crippen LogP contribution >= 0.6 is 23.2 Å². The lowest BCUT2D eigenvalue weighted by Gasteiger charge is -2.13. The summed E-state index contributed by atoms with van der Waals surface area (Å²) in [4.78, 5) is 0. The van der Waals surface area contributed by atoms with Crippen LogP contribution in [0, 0.1) is 0 Å². The number of aliphatic hydroxyl groups excluding tert-OH is 1. The van der Waals surface area contributed by atoms with Crippen LogP contribution in [0.1, 0.15) is 11.3 Å². The van der Waals surface area contributed by atoms with Gasteiger partial charge in [0.15, 0.2) is 5.69 Å². The molecule has 2 aromatic rings. The second kappa shape index (κ2) is 7.18. The van der Waals surface area contributed by atoms with E-state index in [4.69, 9.17) is 38.8 Å². The Hall–Kier alpha value is -1.48. The van der Waals surface area contributed by atoms with E-state index in [0.717, 1.165) is 4.68 Å². The summed E-state index contributed by atoms with van der Waals surface area (Å²) in [6, 6.07) is 3.43. The van der Waals surface area contributed by atoms with E-state index in [-0.39, 0.29) is 28.6 Å². The van der Waals surface area contributed by atoms with E-state index in [2.05, 4.69) is 5.10 Å². The van der Waals surface area contributed by atoms with Crippen molar-refractivity contribution in [2.75, 3.05) is 6.61 Å². The summed E-state index contributed by atoms with van der Waals surface area (Å²) < 4.78 is 46.0. The van der Waals surface area contributed by atoms with Crippen LogP contribution in [0.15, 0.2) is 18.2 Å². The molecule has 0 aliphatic heterocycles. The Balaban J connectivity index is 2.49. The fourth-order valence-electron chi connectivity index (χ4n) is 2.08. The van der Waals surface area contributed by atoms with Gasteiger partial charge in [0.2, 0.25) is 5.88 Å². The van der Waals surface area contributed by atoms with Gasteiger partial charge in [-0.05, 0) is 24.6 Å². The number of aromatic nitrogens is 2. The zero-order chi connectivity index (χ0) is 18.1. The minimum atomic E-state index is -4.69. The Labute approximate surface area is 145 Å². The van der Waals surface area contributed by atoms with Crippen LogP contribution in [-0.4, -0.2) is 27.5 Å². The van der Waals surface area contributed by atoms with E-state index in [1.165, 1.54) is 25.2 Å². The minimum Gasteiger partial charge on any atom is -0.437 e. The van der Waals surface area contributed by atoms with Crippen molar-refractivity contribution in [3.63, 3.8) is 0 Å². The average Bonchev–Trinajstić information content (AvgIpc) is 2.78. The first-order chi connectivity index (χ1) is 11.1. The number of alkyl halides is 3. The van der Waals surface area contributed by atoms with Crippen LogP contribution in [0.4, 0.5) is 13.2 Å². The first-order valence-corrected chi connectivity index (χ1v) is 7.51. The van der Waals surface area contributed by atoms with Crippen LogP contribution in [-0.2, 0) is 19.6 Å². The topological polar surface area (TPSA) is 73.3 Å². The van der Waals surface area contributed by atoms with Gasteiger partial charge < -0.3 is 15.6 Å². The van der Waals surface area contributed by atoms with Crippen molar-refractivity contribution in [1.82, 2.24) is 9.78 Å². The third-order valence-corrected chi connectivity index (χ3v) is 3.69. The molecule has 0 saturated heterocycles. The lowest BCUT2D eigenvalue weighted by atomic mass is 10.1. The number of nitrogens with two attached hydrogens (primary N) is 1. The first kappa shape index (κ1) is 18.9. The van der Waals surface area contributed by atoms with E-state index in [1.807, 2.05) is 0 Å². The number of hydrogen-bond acceptors (Lipinski definition) is 4. The molecule has 1 aromatic carbocycles. The molecule has 0 spiro atoms. The van der Waals surface area contributed by atoms with E-state index in [1.54, 1.807) is 0 Å². The molecule has 0 fully saturated rings. The highest BCUT2D eigenvalue weighted by Gasteiger charge is 2.40. The van der Waals surface area contributed by atoms with Crippen molar-refractivity contribution in [2.24, 2.45) is 12.8 Å². The molecule has 5 nitrogen and oxygen atoms in total. The molecular formula is C14H14Cl2F3N3O2. The maximum Gasteiger partial charge on any atom is 0.435 e. The summed E-state index contributed by atoms with van der Waals surface area (Å²) in [5.74, 6) is -0.0351. The van der Waals surface area contributed by atoms with Crippen LogP contribution < -0.4 is 10.5 Å². The molecule has 0 bridgehead atoms. The Morgan fingerprint density at radius 1 is 1.38 bits per heavy atom. The molecule has 0 radical (unpaired) electrons. The van der Waals surface area contributed by atoms with Crippen molar-refractivity contribution < 1.29 is 23.0 Å². The number of benzene rings is 1. The smallest absolute Gasteiger partial charge is 0.435 e. The molecule has 1 atom stereocenters. The zero-order valence-electron chi connectivity index (χ0n) is 12.4. The highest BCUT2D eigenvalue weighted by atomic mass is 35.5. The lowest BCUT2D eigenvalue weighted by molar-refractivity contribution is -0.142. The summed E-state index contributed by atoms with van der Waals surface area (Å²) in [7, 11) is 1.31. The van der Waals surface area contributed by atoms with Gasteiger partial charge in [-0.1, -0.05) is 23.2 Å². The molecule has 0 saturated carbocycles. The molecule has 24 heavy (non-hydrogen) atoms. The molecule has 1 heterocycles. The third kappa shape index (κ3) is 4.13. The van der Waals surface area contributed by atoms with E-state index in [0.29, 0.717) is 5.02 Å². The van der Waals surface area contributed by atoms with Gasteiger partial charge in [-0.3, -0.25) is 0 Å². The maximum absolute atomic E-state index is 13.2. The molecule has 1 unspecified atom stereocenters. The van der Waals surface area contributed by atoms with Crippen molar-refractivity contribution in [2.45, 2.75) is 18.6 Å². The molecular weight excluding hydrogens is 370 g/mol. The van der Waals surface area contributed by atoms with Crippen LogP contribution in [0.3, 0.4) is 0 Å². The predicted octanol–water partition coefficient (Wildman–Crippen LogP) is 3.40. The summed E-state index contributed by atoms with van der Waals surface area (Å²) >= 11 is 11.8. The molecule has 10 heteroatoms. The Bertz CT molecular complexity index is 735. The van der Waals surface area contributed by atoms with Gasteiger partial charge in [0.25, 0.3) is 0 Å². The van der Waals surface area contributed by atoms with Crippen LogP contribution in [0.2, 0.25) is 10.0 Å². The van der Waals surface area contributed by atoms with Gasteiger partial charge in [-0.15, -0.1) is 0 Å². The fraction of sp³-hybridized carbons (Fsp3) is 0.357. The molecule has 132 valence electrons. The number of rotatable bonds is 5. The normalized spacial score (nSPS) is 13.2. The monoisotopic (exact) mass is 383 g/mol. The van der Waals surface area contributed by atoms with Crippen LogP contribution in [0.5, 0.6) is 11.6 Å². The van der Waals surface area contributed by atoms with Gasteiger partial charge >= 0.3 is 6.18 Å². The largest absolute Gasteiger partial charge is 0.437 e. The molecule has 0 aliphatic carbocycles. The molecule has 0 amide bonds. The number of nitrogens with zero attached hydrogens (tertiary/aromatic N) is 2. The fourth-order valence-corrected chi connectivity index (χ4v) is 2.53. The summed E-state index contributed by atoms with van der Waals surface area (Å²) in [5, 5.41) is 13.0. The molecule has 3 N–H and O–H groups in total. The Morgan fingerprint density at radius 3 is 2.58 bits per heavy atom. The highest BCUT2D eigenvalue weighted by molar-refractivity contribution is 6.35. The van der Waals surface area contributed by atoms with Gasteiger partial charge in [-0.25, -0.2) is 4.68 Å². The van der Waals surface area contributed by atoms with Crippen molar-refractivity contribution >= 4 is 23.2 Å². The SMILES string of the molecule is Cn1nc(C(F)(F)F)c(CC(N)CO)c1Oc1ccc(Cl)cc1Cl. The number of aryl methyl sites for hydroxylation is 1. The molecule has 0 aliphatic rings. The Kier molecular flexibility index (Phi) is 5.64. The van der Waals surface area contributed by atoms with Crippen molar-refractivity contribution in [3.05, 3.63) is 39.5 Å². The summed E-state index contributed by atoms with van der Waals surface area (Å²) in [6.07, 6.45) is -4.95. The first-order valence-electron chi connectivity index (χ1n) is 6.76. The second-order valence-corrected chi connectivity index (χ2v) is 5.92. The predicted molar refractivity (Wildman–Crippen MR) is 83.5 cm³/mol. The van der Waals surface area contributed by atoms with Crippen molar-refractivity contribution in [1.29, 1.82) is 0 Å². The third-order valence-electron chi connectivity index (χ3n) is 3.16. The molecule has 1 aromatic heterocycles. The maximum atomic E-state index is 13.2. The number of ether oxygens (including phenoxy) is 1. The lowest BCUT2D eigenvalue weighted by Crippen LogP contribution is -2.28. The van der Waals surface area contributed by atoms with Gasteiger partial charge in [0, 0.05) is 23.7 Å². The summed E-state index contributed by atoms with van der Waals surface area (Å²) in [6.45, 7) is -0.479. The standard InChI is InChI=1S/C14H14Cl2F3N3O2/c1-22-13(24-11-3-2-7(15)4-10(11)16)9(5-8(20)6-23)12(21-22)14(17,18)19/h2-4,8,23H,5-6,20H2,1H3. The average molecular weight is 384 g/mol. The number of hydrogen-bond donors (Lipinski definition) is 2. The van der Waals surface area contributed by atoms with Gasteiger partial charge in [0.05, 0.1) is 11.6 Å². The Morgan fingerprint density at radius 2 is 2.04 bits per heavy atom. The van der Waals surface area contributed by atoms with E-state index >= 15 is 0 Å².